The Morgan fingerprint density at radius 2 is 1.12 bits per heavy atom. The molecule has 0 aromatic heterocycles. The second kappa shape index (κ2) is 8.49. The van der Waals surface area contributed by atoms with Crippen molar-refractivity contribution in [1.29, 1.82) is 0 Å². The molecule has 32 heavy (non-hydrogen) atoms. The topological polar surface area (TPSA) is 89.5 Å². The zero-order valence-corrected chi connectivity index (χ0v) is 18.6. The van der Waals surface area contributed by atoms with Crippen molar-refractivity contribution in [2.24, 2.45) is 0 Å². The van der Waals surface area contributed by atoms with Gasteiger partial charge in [0.25, 0.3) is 0 Å². The first-order valence-corrected chi connectivity index (χ1v) is 11.9. The molecule has 5 rings (SSSR count). The van der Waals surface area contributed by atoms with Crippen LogP contribution in [0.2, 0.25) is 0 Å². The Kier molecular flexibility index (Phi) is 5.83. The molecule has 2 saturated heterocycles. The summed E-state index contributed by atoms with van der Waals surface area (Å²) in [4.78, 5) is 0. The van der Waals surface area contributed by atoms with Crippen LogP contribution in [0, 0.1) is 0 Å². The quantitative estimate of drug-likeness (QED) is 0.648. The summed E-state index contributed by atoms with van der Waals surface area (Å²) in [6, 6.07) is 19.2. The Hall–Kier alpha value is -1.85. The second-order valence-corrected chi connectivity index (χ2v) is 9.82. The van der Waals surface area contributed by atoms with Crippen LogP contribution >= 0.6 is 0 Å². The lowest BCUT2D eigenvalue weighted by Crippen LogP contribution is -2.62. The molecule has 8 nitrogen and oxygen atoms in total. The maximum atomic E-state index is 12.2. The third-order valence-electron chi connectivity index (χ3n) is 5.81. The standard InChI is InChI=1S/C23H26O8S/c1-23(2)28-19-17(26-13-15-9-5-3-6-10-15)21-22(31-32(24,25)30-21)18(20(19)29-23)27-14-16-11-7-4-8-12-16/h3-12,17-22H,13-14H2,1-2H3/t17-,18-,19+,20+,21-,22+/m0/s1. The summed E-state index contributed by atoms with van der Waals surface area (Å²) in [5, 5.41) is 0. The Labute approximate surface area is 187 Å². The second-order valence-electron chi connectivity index (χ2n) is 8.62. The maximum Gasteiger partial charge on any atom is 0.400 e. The average Bonchev–Trinajstić information content (AvgIpc) is 3.26. The Morgan fingerprint density at radius 1 is 0.719 bits per heavy atom. The largest absolute Gasteiger partial charge is 0.400 e. The predicted octanol–water partition coefficient (Wildman–Crippen LogP) is 2.72. The van der Waals surface area contributed by atoms with Crippen LogP contribution in [0.4, 0.5) is 0 Å². The number of hydrogen-bond acceptors (Lipinski definition) is 8. The monoisotopic (exact) mass is 462 g/mol. The fourth-order valence-electron chi connectivity index (χ4n) is 4.50. The Morgan fingerprint density at radius 3 is 1.53 bits per heavy atom. The first-order valence-electron chi connectivity index (χ1n) is 10.6. The molecule has 0 radical (unpaired) electrons. The molecule has 2 aromatic rings. The van der Waals surface area contributed by atoms with Gasteiger partial charge < -0.3 is 18.9 Å². The lowest BCUT2D eigenvalue weighted by Gasteiger charge is -2.41. The van der Waals surface area contributed by atoms with Gasteiger partial charge in [0.2, 0.25) is 0 Å². The highest BCUT2D eigenvalue weighted by Crippen LogP contribution is 2.45. The number of ether oxygens (including phenoxy) is 4. The van der Waals surface area contributed by atoms with Gasteiger partial charge in [-0.1, -0.05) is 60.7 Å². The number of benzene rings is 2. The van der Waals surface area contributed by atoms with E-state index in [0.29, 0.717) is 0 Å². The van der Waals surface area contributed by atoms with E-state index in [1.165, 1.54) is 0 Å². The molecule has 2 heterocycles. The van der Waals surface area contributed by atoms with Crippen molar-refractivity contribution in [2.75, 3.05) is 0 Å². The fourth-order valence-corrected chi connectivity index (χ4v) is 5.53. The minimum Gasteiger partial charge on any atom is -0.368 e. The first kappa shape index (κ1) is 22.0. The van der Waals surface area contributed by atoms with E-state index in [1.54, 1.807) is 0 Å². The molecule has 172 valence electrons. The molecular formula is C23H26O8S. The molecule has 0 amide bonds. The molecule has 2 aliphatic heterocycles. The van der Waals surface area contributed by atoms with E-state index in [1.807, 2.05) is 74.5 Å². The lowest BCUT2D eigenvalue weighted by molar-refractivity contribution is -0.191. The Bertz CT molecular complexity index is 951. The van der Waals surface area contributed by atoms with Crippen molar-refractivity contribution >= 4 is 10.4 Å². The average molecular weight is 463 g/mol. The zero-order valence-electron chi connectivity index (χ0n) is 17.8. The summed E-state index contributed by atoms with van der Waals surface area (Å²) in [6.45, 7) is 4.14. The fraction of sp³-hybridized carbons (Fsp3) is 0.478. The van der Waals surface area contributed by atoms with Crippen LogP contribution in [0.15, 0.2) is 60.7 Å². The molecule has 3 aliphatic rings. The number of hydrogen-bond donors (Lipinski definition) is 0. The van der Waals surface area contributed by atoms with E-state index in [9.17, 15) is 8.42 Å². The number of fused-ring (bicyclic) bond motifs is 2. The van der Waals surface area contributed by atoms with Crippen molar-refractivity contribution in [1.82, 2.24) is 0 Å². The molecule has 0 unspecified atom stereocenters. The van der Waals surface area contributed by atoms with Gasteiger partial charge in [-0.3, -0.25) is 0 Å². The molecule has 9 heteroatoms. The van der Waals surface area contributed by atoms with Gasteiger partial charge in [0.15, 0.2) is 5.79 Å². The minimum absolute atomic E-state index is 0.265. The van der Waals surface area contributed by atoms with Gasteiger partial charge >= 0.3 is 10.4 Å². The van der Waals surface area contributed by atoms with E-state index in [2.05, 4.69) is 0 Å². The Balaban J connectivity index is 1.42. The van der Waals surface area contributed by atoms with Crippen LogP contribution in [0.25, 0.3) is 0 Å². The van der Waals surface area contributed by atoms with Crippen LogP contribution in [-0.4, -0.2) is 50.8 Å². The molecular weight excluding hydrogens is 436 g/mol. The molecule has 0 spiro atoms. The van der Waals surface area contributed by atoms with Gasteiger partial charge in [-0.25, -0.2) is 8.37 Å². The third kappa shape index (κ3) is 4.47. The molecule has 2 aromatic carbocycles. The summed E-state index contributed by atoms with van der Waals surface area (Å²) in [5.41, 5.74) is 1.89. The van der Waals surface area contributed by atoms with Gasteiger partial charge in [-0.2, -0.15) is 8.42 Å². The molecule has 6 atom stereocenters. The van der Waals surface area contributed by atoms with Gasteiger partial charge in [-0.15, -0.1) is 0 Å². The summed E-state index contributed by atoms with van der Waals surface area (Å²) in [5.74, 6) is -0.893. The smallest absolute Gasteiger partial charge is 0.368 e. The van der Waals surface area contributed by atoms with Crippen LogP contribution in [0.1, 0.15) is 25.0 Å². The van der Waals surface area contributed by atoms with Gasteiger partial charge in [0.1, 0.15) is 36.6 Å². The summed E-state index contributed by atoms with van der Waals surface area (Å²) in [7, 11) is -4.19. The van der Waals surface area contributed by atoms with E-state index < -0.39 is 52.8 Å². The minimum atomic E-state index is -4.19. The molecule has 1 saturated carbocycles. The van der Waals surface area contributed by atoms with Crippen LogP contribution in [0.5, 0.6) is 0 Å². The highest BCUT2D eigenvalue weighted by atomic mass is 32.3. The predicted molar refractivity (Wildman–Crippen MR) is 113 cm³/mol. The van der Waals surface area contributed by atoms with Crippen molar-refractivity contribution in [2.45, 2.75) is 69.5 Å². The van der Waals surface area contributed by atoms with E-state index in [-0.39, 0.29) is 13.2 Å². The van der Waals surface area contributed by atoms with E-state index in [0.717, 1.165) is 11.1 Å². The highest BCUT2D eigenvalue weighted by Gasteiger charge is 2.64. The van der Waals surface area contributed by atoms with Crippen LogP contribution in [0.3, 0.4) is 0 Å². The van der Waals surface area contributed by atoms with Crippen molar-refractivity contribution in [3.8, 4) is 0 Å². The zero-order chi connectivity index (χ0) is 22.3. The molecule has 0 bridgehead atoms. The van der Waals surface area contributed by atoms with Crippen LogP contribution < -0.4 is 0 Å². The van der Waals surface area contributed by atoms with E-state index >= 15 is 0 Å². The van der Waals surface area contributed by atoms with E-state index in [4.69, 9.17) is 27.3 Å². The van der Waals surface area contributed by atoms with Gasteiger partial charge in [-0.05, 0) is 25.0 Å². The summed E-state index contributed by atoms with van der Waals surface area (Å²) >= 11 is 0. The SMILES string of the molecule is CC1(C)O[C@@H]2[C@H](OCc3ccccc3)[C@H]3OS(=O)(=O)O[C@H]3[C@@H](OCc3ccccc3)[C@H]2O1. The van der Waals surface area contributed by atoms with Crippen LogP contribution in [-0.2, 0) is 50.9 Å². The maximum absolute atomic E-state index is 12.2. The molecule has 3 fully saturated rings. The van der Waals surface area contributed by atoms with Gasteiger partial charge in [0, 0.05) is 0 Å². The highest BCUT2D eigenvalue weighted by molar-refractivity contribution is 7.82. The lowest BCUT2D eigenvalue weighted by atomic mass is 9.84. The normalized spacial score (nSPS) is 34.7. The molecule has 0 N–H and O–H groups in total. The summed E-state index contributed by atoms with van der Waals surface area (Å²) < 4.78 is 59.8. The first-order chi connectivity index (χ1) is 15.3. The summed E-state index contributed by atoms with van der Waals surface area (Å²) in [6.07, 6.45) is -4.45. The van der Waals surface area contributed by atoms with Gasteiger partial charge in [0.05, 0.1) is 13.2 Å². The molecule has 1 aliphatic carbocycles. The van der Waals surface area contributed by atoms with Crippen molar-refractivity contribution in [3.63, 3.8) is 0 Å². The van der Waals surface area contributed by atoms with Crippen molar-refractivity contribution < 1.29 is 35.7 Å². The third-order valence-corrected chi connectivity index (χ3v) is 6.73. The van der Waals surface area contributed by atoms with Crippen molar-refractivity contribution in [3.05, 3.63) is 71.8 Å². The number of rotatable bonds is 6.